The first-order chi connectivity index (χ1) is 14.1. The van der Waals surface area contributed by atoms with Crippen LogP contribution in [0.5, 0.6) is 0 Å². The van der Waals surface area contributed by atoms with Crippen molar-refractivity contribution in [3.05, 3.63) is 96.1 Å². The second-order valence-electron chi connectivity index (χ2n) is 8.74. The van der Waals surface area contributed by atoms with E-state index in [0.717, 1.165) is 0 Å². The second kappa shape index (κ2) is 5.61. The van der Waals surface area contributed by atoms with Crippen LogP contribution < -0.4 is 0 Å². The number of hydrogen-bond donors (Lipinski definition) is 0. The Morgan fingerprint density at radius 2 is 1.24 bits per heavy atom. The lowest BCUT2D eigenvalue weighted by Crippen LogP contribution is -2.14. The Balaban J connectivity index is 1.55. The van der Waals surface area contributed by atoms with Crippen LogP contribution in [-0.4, -0.2) is 4.57 Å². The zero-order valence-corrected chi connectivity index (χ0v) is 17.0. The Hall–Kier alpha value is -3.32. The SMILES string of the molecule is Cn1c2ccccc2c2ccc(-c3ccc4c(c3)C(C)(C)c3ccccc3-4)cc21. The second-order valence-corrected chi connectivity index (χ2v) is 8.74. The number of para-hydroxylation sites is 1. The first kappa shape index (κ1) is 16.6. The summed E-state index contributed by atoms with van der Waals surface area (Å²) in [6, 6.07) is 31.4. The van der Waals surface area contributed by atoms with Crippen molar-refractivity contribution in [2.75, 3.05) is 0 Å². The van der Waals surface area contributed by atoms with E-state index in [1.165, 1.54) is 55.2 Å². The lowest BCUT2D eigenvalue weighted by molar-refractivity contribution is 0.660. The van der Waals surface area contributed by atoms with Crippen molar-refractivity contribution >= 4 is 21.8 Å². The van der Waals surface area contributed by atoms with E-state index < -0.39 is 0 Å². The molecule has 6 rings (SSSR count). The summed E-state index contributed by atoms with van der Waals surface area (Å²) in [6.07, 6.45) is 0. The third kappa shape index (κ3) is 2.16. The molecule has 5 aromatic rings. The molecule has 1 heteroatoms. The number of fused-ring (bicyclic) bond motifs is 6. The van der Waals surface area contributed by atoms with E-state index in [1.54, 1.807) is 0 Å². The lowest BCUT2D eigenvalue weighted by atomic mass is 9.81. The van der Waals surface area contributed by atoms with Gasteiger partial charge in [-0.05, 0) is 51.6 Å². The van der Waals surface area contributed by atoms with Crippen molar-refractivity contribution in [2.45, 2.75) is 19.3 Å². The Bertz CT molecular complexity index is 1430. The number of nitrogens with zero attached hydrogens (tertiary/aromatic N) is 1. The van der Waals surface area contributed by atoms with Gasteiger partial charge >= 0.3 is 0 Å². The van der Waals surface area contributed by atoms with Crippen LogP contribution in [0.3, 0.4) is 0 Å². The van der Waals surface area contributed by atoms with Crippen molar-refractivity contribution in [1.29, 1.82) is 0 Å². The van der Waals surface area contributed by atoms with Crippen LogP contribution in [0.4, 0.5) is 0 Å². The van der Waals surface area contributed by atoms with Crippen molar-refractivity contribution < 1.29 is 0 Å². The van der Waals surface area contributed by atoms with E-state index in [2.05, 4.69) is 110 Å². The van der Waals surface area contributed by atoms with Crippen LogP contribution in [0.25, 0.3) is 44.1 Å². The minimum atomic E-state index is 0.0334. The highest BCUT2D eigenvalue weighted by molar-refractivity contribution is 6.09. The normalized spacial score (nSPS) is 14.3. The smallest absolute Gasteiger partial charge is 0.0494 e. The van der Waals surface area contributed by atoms with E-state index in [9.17, 15) is 0 Å². The summed E-state index contributed by atoms with van der Waals surface area (Å²) < 4.78 is 2.31. The fourth-order valence-electron chi connectivity index (χ4n) is 5.22. The van der Waals surface area contributed by atoms with Crippen molar-refractivity contribution in [2.24, 2.45) is 7.05 Å². The molecule has 1 aromatic heterocycles. The summed E-state index contributed by atoms with van der Waals surface area (Å²) in [4.78, 5) is 0. The third-order valence-corrected chi connectivity index (χ3v) is 6.83. The van der Waals surface area contributed by atoms with Crippen LogP contribution in [0.2, 0.25) is 0 Å². The number of aryl methyl sites for hydroxylation is 1. The molecule has 1 heterocycles. The molecule has 0 fully saturated rings. The maximum atomic E-state index is 2.40. The molecule has 29 heavy (non-hydrogen) atoms. The summed E-state index contributed by atoms with van der Waals surface area (Å²) in [5.74, 6) is 0. The Kier molecular flexibility index (Phi) is 3.21. The van der Waals surface area contributed by atoms with Gasteiger partial charge in [0.2, 0.25) is 0 Å². The van der Waals surface area contributed by atoms with E-state index in [1.807, 2.05) is 0 Å². The Morgan fingerprint density at radius 3 is 2.14 bits per heavy atom. The molecule has 0 spiro atoms. The van der Waals surface area contributed by atoms with Gasteiger partial charge in [0.1, 0.15) is 0 Å². The van der Waals surface area contributed by atoms with Gasteiger partial charge in [-0.1, -0.05) is 80.6 Å². The minimum Gasteiger partial charge on any atom is -0.344 e. The van der Waals surface area contributed by atoms with Crippen molar-refractivity contribution in [3.63, 3.8) is 0 Å². The maximum absolute atomic E-state index is 2.40. The number of rotatable bonds is 1. The molecule has 140 valence electrons. The maximum Gasteiger partial charge on any atom is 0.0494 e. The molecule has 0 saturated heterocycles. The van der Waals surface area contributed by atoms with E-state index in [0.29, 0.717) is 0 Å². The molecule has 4 aromatic carbocycles. The van der Waals surface area contributed by atoms with Gasteiger partial charge in [0.15, 0.2) is 0 Å². The van der Waals surface area contributed by atoms with Gasteiger partial charge in [0, 0.05) is 34.3 Å². The number of hydrogen-bond acceptors (Lipinski definition) is 0. The standard InChI is InChI=1S/C28H23N/c1-28(2)24-10-6-4-8-20(24)21-14-12-18(16-25(21)28)19-13-15-23-22-9-5-7-11-26(22)29(3)27(23)17-19/h4-17H,1-3H3. The topological polar surface area (TPSA) is 4.93 Å². The number of aromatic nitrogens is 1. The molecular formula is C28H23N. The predicted molar refractivity (Wildman–Crippen MR) is 123 cm³/mol. The average molecular weight is 373 g/mol. The fourth-order valence-corrected chi connectivity index (χ4v) is 5.22. The fraction of sp³-hybridized carbons (Fsp3) is 0.143. The Morgan fingerprint density at radius 1 is 0.586 bits per heavy atom. The molecule has 0 unspecified atom stereocenters. The largest absolute Gasteiger partial charge is 0.344 e. The third-order valence-electron chi connectivity index (χ3n) is 6.83. The molecule has 0 N–H and O–H groups in total. The summed E-state index contributed by atoms with van der Waals surface area (Å²) in [6.45, 7) is 4.68. The van der Waals surface area contributed by atoms with Crippen LogP contribution in [0.15, 0.2) is 84.9 Å². The monoisotopic (exact) mass is 373 g/mol. The Labute approximate surface area is 171 Å². The zero-order chi connectivity index (χ0) is 19.8. The summed E-state index contributed by atoms with van der Waals surface area (Å²) in [7, 11) is 2.16. The van der Waals surface area contributed by atoms with Gasteiger partial charge in [-0.15, -0.1) is 0 Å². The molecule has 0 atom stereocenters. The van der Waals surface area contributed by atoms with Crippen LogP contribution in [-0.2, 0) is 12.5 Å². The molecule has 1 aliphatic carbocycles. The van der Waals surface area contributed by atoms with Gasteiger partial charge in [-0.3, -0.25) is 0 Å². The van der Waals surface area contributed by atoms with Crippen molar-refractivity contribution in [1.82, 2.24) is 4.57 Å². The highest BCUT2D eigenvalue weighted by Crippen LogP contribution is 2.49. The van der Waals surface area contributed by atoms with Gasteiger partial charge in [0.25, 0.3) is 0 Å². The molecular weight excluding hydrogens is 350 g/mol. The zero-order valence-electron chi connectivity index (χ0n) is 17.0. The van der Waals surface area contributed by atoms with E-state index >= 15 is 0 Å². The average Bonchev–Trinajstić information content (AvgIpc) is 3.17. The molecule has 1 aliphatic rings. The quantitative estimate of drug-likeness (QED) is 0.290. The molecule has 0 radical (unpaired) electrons. The number of benzene rings is 4. The predicted octanol–water partition coefficient (Wildman–Crippen LogP) is 7.30. The first-order valence-electron chi connectivity index (χ1n) is 10.3. The summed E-state index contributed by atoms with van der Waals surface area (Å²) in [5, 5.41) is 2.64. The summed E-state index contributed by atoms with van der Waals surface area (Å²) in [5.41, 5.74) is 10.8. The van der Waals surface area contributed by atoms with Crippen LogP contribution >= 0.6 is 0 Å². The van der Waals surface area contributed by atoms with Crippen LogP contribution in [0.1, 0.15) is 25.0 Å². The molecule has 0 bridgehead atoms. The highest BCUT2D eigenvalue weighted by atomic mass is 14.9. The van der Waals surface area contributed by atoms with E-state index in [4.69, 9.17) is 0 Å². The van der Waals surface area contributed by atoms with Crippen molar-refractivity contribution in [3.8, 4) is 22.3 Å². The van der Waals surface area contributed by atoms with Gasteiger partial charge in [-0.2, -0.15) is 0 Å². The lowest BCUT2D eigenvalue weighted by Gasteiger charge is -2.22. The van der Waals surface area contributed by atoms with Gasteiger partial charge < -0.3 is 4.57 Å². The minimum absolute atomic E-state index is 0.0334. The van der Waals surface area contributed by atoms with Crippen LogP contribution in [0, 0.1) is 0 Å². The molecule has 1 nitrogen and oxygen atoms in total. The highest BCUT2D eigenvalue weighted by Gasteiger charge is 2.35. The first-order valence-corrected chi connectivity index (χ1v) is 10.3. The molecule has 0 amide bonds. The van der Waals surface area contributed by atoms with Gasteiger partial charge in [0.05, 0.1) is 0 Å². The van der Waals surface area contributed by atoms with E-state index in [-0.39, 0.29) is 5.41 Å². The summed E-state index contributed by atoms with van der Waals surface area (Å²) >= 11 is 0. The molecule has 0 saturated carbocycles. The van der Waals surface area contributed by atoms with Gasteiger partial charge in [-0.25, -0.2) is 0 Å². The molecule has 0 aliphatic heterocycles.